The predicted molar refractivity (Wildman–Crippen MR) is 83.6 cm³/mol. The molecule has 0 spiro atoms. The second-order valence-electron chi connectivity index (χ2n) is 4.80. The number of rotatable bonds is 13. The Hall–Kier alpha value is -2.20. The zero-order valence-corrected chi connectivity index (χ0v) is 14.6. The van der Waals surface area contributed by atoms with E-state index in [0.717, 1.165) is 0 Å². The molecule has 0 radical (unpaired) electrons. The molecule has 0 fully saturated rings. The standard InChI is InChI=1S/C15H25NO9/c1-4-24-12(18)8-10(15(21)25-5-2)13(14(19)20)16-11(17)9-23-7-6-22-3/h10,13H,4-9H2,1-3H3,(H,16,17)(H,19,20)/t10-,13-/m0/s1. The van der Waals surface area contributed by atoms with E-state index in [9.17, 15) is 24.3 Å². The van der Waals surface area contributed by atoms with Crippen LogP contribution in [0.2, 0.25) is 0 Å². The van der Waals surface area contributed by atoms with Crippen LogP contribution in [0, 0.1) is 5.92 Å². The smallest absolute Gasteiger partial charge is 0.327 e. The van der Waals surface area contributed by atoms with Crippen molar-refractivity contribution in [1.82, 2.24) is 5.32 Å². The Morgan fingerprint density at radius 2 is 1.68 bits per heavy atom. The van der Waals surface area contributed by atoms with Crippen LogP contribution in [0.15, 0.2) is 0 Å². The second-order valence-corrected chi connectivity index (χ2v) is 4.80. The number of carboxylic acids is 1. The summed E-state index contributed by atoms with van der Waals surface area (Å²) in [7, 11) is 1.46. The fourth-order valence-corrected chi connectivity index (χ4v) is 1.84. The number of amides is 1. The summed E-state index contributed by atoms with van der Waals surface area (Å²) in [6.07, 6.45) is -0.533. The fraction of sp³-hybridized carbons (Fsp3) is 0.733. The normalized spacial score (nSPS) is 12.8. The van der Waals surface area contributed by atoms with Gasteiger partial charge in [-0.3, -0.25) is 14.4 Å². The lowest BCUT2D eigenvalue weighted by molar-refractivity contribution is -0.160. The lowest BCUT2D eigenvalue weighted by Gasteiger charge is -2.22. The molecule has 10 heteroatoms. The summed E-state index contributed by atoms with van der Waals surface area (Å²) >= 11 is 0. The molecule has 0 aromatic rings. The van der Waals surface area contributed by atoms with Crippen LogP contribution in [-0.2, 0) is 38.1 Å². The van der Waals surface area contributed by atoms with Crippen LogP contribution in [0.3, 0.4) is 0 Å². The van der Waals surface area contributed by atoms with Crippen LogP contribution in [0.1, 0.15) is 20.3 Å². The minimum Gasteiger partial charge on any atom is -0.480 e. The Labute approximate surface area is 145 Å². The third-order valence-electron chi connectivity index (χ3n) is 2.93. The summed E-state index contributed by atoms with van der Waals surface area (Å²) in [6.45, 7) is 3.19. The van der Waals surface area contributed by atoms with Gasteiger partial charge in [0.15, 0.2) is 0 Å². The van der Waals surface area contributed by atoms with Crippen LogP contribution in [0.25, 0.3) is 0 Å². The van der Waals surface area contributed by atoms with Gasteiger partial charge < -0.3 is 29.4 Å². The molecule has 0 aliphatic heterocycles. The maximum absolute atomic E-state index is 12.0. The molecule has 25 heavy (non-hydrogen) atoms. The van der Waals surface area contributed by atoms with E-state index in [2.05, 4.69) is 5.32 Å². The number of carbonyl (C=O) groups is 4. The third kappa shape index (κ3) is 9.62. The van der Waals surface area contributed by atoms with Gasteiger partial charge in [-0.2, -0.15) is 0 Å². The van der Waals surface area contributed by atoms with Crippen LogP contribution >= 0.6 is 0 Å². The van der Waals surface area contributed by atoms with Gasteiger partial charge in [-0.1, -0.05) is 0 Å². The monoisotopic (exact) mass is 363 g/mol. The van der Waals surface area contributed by atoms with Crippen molar-refractivity contribution in [2.24, 2.45) is 5.92 Å². The topological polar surface area (TPSA) is 137 Å². The number of aliphatic carboxylic acids is 1. The molecule has 0 aromatic heterocycles. The first kappa shape index (κ1) is 22.8. The lowest BCUT2D eigenvalue weighted by atomic mass is 9.96. The summed E-state index contributed by atoms with van der Waals surface area (Å²) in [6, 6.07) is -1.65. The highest BCUT2D eigenvalue weighted by Gasteiger charge is 2.38. The van der Waals surface area contributed by atoms with Crippen molar-refractivity contribution < 1.29 is 43.2 Å². The summed E-state index contributed by atoms with van der Waals surface area (Å²) in [5.41, 5.74) is 0. The molecular weight excluding hydrogens is 338 g/mol. The van der Waals surface area contributed by atoms with Crippen LogP contribution in [0.4, 0.5) is 0 Å². The van der Waals surface area contributed by atoms with Gasteiger partial charge in [0.25, 0.3) is 0 Å². The highest BCUT2D eigenvalue weighted by molar-refractivity contribution is 5.90. The molecule has 0 aliphatic rings. The number of carbonyl (C=O) groups excluding carboxylic acids is 3. The zero-order valence-electron chi connectivity index (χ0n) is 14.6. The SMILES string of the molecule is CCOC(=O)C[C@H](C(=O)OCC)[C@H](NC(=O)COCCOC)C(=O)O. The van der Waals surface area contributed by atoms with Gasteiger partial charge in [0.1, 0.15) is 12.6 Å². The molecule has 0 bridgehead atoms. The first-order valence-electron chi connectivity index (χ1n) is 7.78. The first-order valence-corrected chi connectivity index (χ1v) is 7.78. The first-order chi connectivity index (χ1) is 11.9. The van der Waals surface area contributed by atoms with E-state index in [0.29, 0.717) is 0 Å². The quantitative estimate of drug-likeness (QED) is 0.323. The lowest BCUT2D eigenvalue weighted by Crippen LogP contribution is -2.50. The number of esters is 2. The minimum absolute atomic E-state index is 0.00142. The number of methoxy groups -OCH3 is 1. The predicted octanol–water partition coefficient (Wildman–Crippen LogP) is -0.649. The van der Waals surface area contributed by atoms with E-state index in [1.165, 1.54) is 14.0 Å². The maximum atomic E-state index is 12.0. The van der Waals surface area contributed by atoms with E-state index in [4.69, 9.17) is 18.9 Å². The van der Waals surface area contributed by atoms with E-state index in [1.807, 2.05) is 0 Å². The van der Waals surface area contributed by atoms with E-state index >= 15 is 0 Å². The van der Waals surface area contributed by atoms with Gasteiger partial charge in [0.05, 0.1) is 38.8 Å². The van der Waals surface area contributed by atoms with Crippen molar-refractivity contribution in [2.75, 3.05) is 40.1 Å². The van der Waals surface area contributed by atoms with Gasteiger partial charge in [-0.05, 0) is 13.8 Å². The van der Waals surface area contributed by atoms with Crippen LogP contribution in [0.5, 0.6) is 0 Å². The molecule has 10 nitrogen and oxygen atoms in total. The zero-order chi connectivity index (χ0) is 19.2. The van der Waals surface area contributed by atoms with E-state index in [1.54, 1.807) is 6.92 Å². The molecule has 0 aromatic carbocycles. The summed E-state index contributed by atoms with van der Waals surface area (Å²) in [5.74, 6) is -5.32. The summed E-state index contributed by atoms with van der Waals surface area (Å²) in [5, 5.41) is 11.5. The Morgan fingerprint density at radius 3 is 2.20 bits per heavy atom. The number of nitrogens with one attached hydrogen (secondary N) is 1. The second kappa shape index (κ2) is 13.1. The third-order valence-corrected chi connectivity index (χ3v) is 2.93. The molecule has 2 atom stereocenters. The highest BCUT2D eigenvalue weighted by Crippen LogP contribution is 2.14. The molecule has 1 amide bonds. The van der Waals surface area contributed by atoms with Crippen molar-refractivity contribution in [3.63, 3.8) is 0 Å². The Morgan fingerprint density at radius 1 is 1.04 bits per heavy atom. The average Bonchev–Trinajstić information content (AvgIpc) is 2.55. The van der Waals surface area contributed by atoms with Gasteiger partial charge in [-0.25, -0.2) is 4.79 Å². The molecule has 0 aliphatic carbocycles. The van der Waals surface area contributed by atoms with Gasteiger partial charge in [-0.15, -0.1) is 0 Å². The molecule has 0 saturated heterocycles. The molecule has 0 saturated carbocycles. The van der Waals surface area contributed by atoms with Crippen LogP contribution in [-0.4, -0.2) is 75.1 Å². The Kier molecular flexibility index (Phi) is 12.0. The van der Waals surface area contributed by atoms with Crippen molar-refractivity contribution in [1.29, 1.82) is 0 Å². The molecule has 0 unspecified atom stereocenters. The van der Waals surface area contributed by atoms with E-state index in [-0.39, 0.29) is 26.4 Å². The Balaban J connectivity index is 5.00. The van der Waals surface area contributed by atoms with Crippen molar-refractivity contribution >= 4 is 23.8 Å². The molecular formula is C15H25NO9. The van der Waals surface area contributed by atoms with Crippen molar-refractivity contribution in [3.8, 4) is 0 Å². The summed E-state index contributed by atoms with van der Waals surface area (Å²) in [4.78, 5) is 46.9. The molecule has 0 heterocycles. The van der Waals surface area contributed by atoms with Gasteiger partial charge in [0.2, 0.25) is 5.91 Å². The van der Waals surface area contributed by atoms with Crippen molar-refractivity contribution in [2.45, 2.75) is 26.3 Å². The number of hydrogen-bond acceptors (Lipinski definition) is 8. The van der Waals surface area contributed by atoms with Gasteiger partial charge in [0, 0.05) is 7.11 Å². The highest BCUT2D eigenvalue weighted by atomic mass is 16.5. The number of ether oxygens (including phenoxy) is 4. The van der Waals surface area contributed by atoms with Crippen molar-refractivity contribution in [3.05, 3.63) is 0 Å². The van der Waals surface area contributed by atoms with Gasteiger partial charge >= 0.3 is 17.9 Å². The van der Waals surface area contributed by atoms with Crippen LogP contribution < -0.4 is 5.32 Å². The number of hydrogen-bond donors (Lipinski definition) is 2. The largest absolute Gasteiger partial charge is 0.480 e. The summed E-state index contributed by atoms with van der Waals surface area (Å²) < 4.78 is 19.3. The maximum Gasteiger partial charge on any atom is 0.327 e. The Bertz CT molecular complexity index is 452. The fourth-order valence-electron chi connectivity index (χ4n) is 1.84. The minimum atomic E-state index is -1.65. The number of carboxylic acid groups (broad SMARTS) is 1. The molecule has 0 rings (SSSR count). The molecule has 144 valence electrons. The molecule has 2 N–H and O–H groups in total. The van der Waals surface area contributed by atoms with E-state index < -0.39 is 48.8 Å². The average molecular weight is 363 g/mol.